The average molecular weight is 315 g/mol. The Hall–Kier alpha value is -0.950. The second kappa shape index (κ2) is 7.73. The van der Waals surface area contributed by atoms with Gasteiger partial charge in [-0.05, 0) is 39.3 Å². The lowest BCUT2D eigenvalue weighted by Gasteiger charge is -2.22. The zero-order valence-electron chi connectivity index (χ0n) is 12.1. The largest absolute Gasteiger partial charge is 0.492 e. The summed E-state index contributed by atoms with van der Waals surface area (Å²) in [6, 6.07) is 5.61. The van der Waals surface area contributed by atoms with E-state index in [2.05, 4.69) is 32.2 Å². The molecule has 0 fully saturated rings. The van der Waals surface area contributed by atoms with Crippen molar-refractivity contribution in [2.24, 2.45) is 0 Å². The molecule has 1 aromatic carbocycles. The van der Waals surface area contributed by atoms with E-state index in [4.69, 9.17) is 33.2 Å². The molecule has 0 amide bonds. The topological polar surface area (TPSA) is 45.0 Å². The van der Waals surface area contributed by atoms with E-state index in [0.29, 0.717) is 41.8 Å². The minimum absolute atomic E-state index is 0.00707. The van der Waals surface area contributed by atoms with Crippen LogP contribution >= 0.6 is 23.2 Å². The molecule has 0 atom stereocenters. The third kappa shape index (κ3) is 6.00. The molecule has 110 valence electrons. The standard InChI is InChI=1S/C15H20Cl2N2O/c1-15(2,3)19-10-11-8-12(16)9-13(17)14(11)20-7-5-4-6-18/h8-9,19H,4-5,7,10H2,1-3H3. The van der Waals surface area contributed by atoms with Crippen molar-refractivity contribution in [1.29, 1.82) is 5.26 Å². The molecule has 0 saturated heterocycles. The first-order valence-corrected chi connectivity index (χ1v) is 7.32. The summed E-state index contributed by atoms with van der Waals surface area (Å²) in [4.78, 5) is 0. The summed E-state index contributed by atoms with van der Waals surface area (Å²) in [5.74, 6) is 0.644. The molecule has 0 aliphatic heterocycles. The van der Waals surface area contributed by atoms with Crippen molar-refractivity contribution in [2.75, 3.05) is 6.61 Å². The van der Waals surface area contributed by atoms with Crippen molar-refractivity contribution in [1.82, 2.24) is 5.32 Å². The molecule has 0 unspecified atom stereocenters. The van der Waals surface area contributed by atoms with Gasteiger partial charge in [0, 0.05) is 29.1 Å². The summed E-state index contributed by atoms with van der Waals surface area (Å²) in [6.07, 6.45) is 1.16. The Bertz CT molecular complexity index is 490. The number of ether oxygens (including phenoxy) is 1. The SMILES string of the molecule is CC(C)(C)NCc1cc(Cl)cc(Cl)c1OCCCC#N. The molecular weight excluding hydrogens is 295 g/mol. The Morgan fingerprint density at radius 1 is 1.30 bits per heavy atom. The van der Waals surface area contributed by atoms with Gasteiger partial charge in [-0.15, -0.1) is 0 Å². The molecule has 0 spiro atoms. The van der Waals surface area contributed by atoms with Gasteiger partial charge in [-0.25, -0.2) is 0 Å². The molecule has 0 radical (unpaired) electrons. The molecule has 3 nitrogen and oxygen atoms in total. The van der Waals surface area contributed by atoms with E-state index in [1.54, 1.807) is 6.07 Å². The van der Waals surface area contributed by atoms with Crippen LogP contribution in [0.15, 0.2) is 12.1 Å². The number of hydrogen-bond acceptors (Lipinski definition) is 3. The molecule has 1 N–H and O–H groups in total. The molecule has 0 aromatic heterocycles. The molecule has 20 heavy (non-hydrogen) atoms. The summed E-state index contributed by atoms with van der Waals surface area (Å²) in [7, 11) is 0. The zero-order chi connectivity index (χ0) is 15.2. The fourth-order valence-electron chi connectivity index (χ4n) is 1.59. The molecule has 0 aliphatic rings. The lowest BCUT2D eigenvalue weighted by molar-refractivity contribution is 0.307. The van der Waals surface area contributed by atoms with E-state index >= 15 is 0 Å². The Labute approximate surface area is 130 Å². The first-order valence-electron chi connectivity index (χ1n) is 6.56. The third-order valence-corrected chi connectivity index (χ3v) is 3.07. The summed E-state index contributed by atoms with van der Waals surface area (Å²) >= 11 is 12.2. The predicted octanol–water partition coefficient (Wildman–Crippen LogP) is 4.56. The fraction of sp³-hybridized carbons (Fsp3) is 0.533. The maximum atomic E-state index is 8.52. The van der Waals surface area contributed by atoms with Gasteiger partial charge in [0.15, 0.2) is 0 Å². The monoisotopic (exact) mass is 314 g/mol. The van der Waals surface area contributed by atoms with Crippen molar-refractivity contribution in [2.45, 2.75) is 45.7 Å². The van der Waals surface area contributed by atoms with Crippen LogP contribution in [-0.4, -0.2) is 12.1 Å². The number of nitrogens with one attached hydrogen (secondary N) is 1. The lowest BCUT2D eigenvalue weighted by Crippen LogP contribution is -2.35. The van der Waals surface area contributed by atoms with Crippen LogP contribution in [0.3, 0.4) is 0 Å². The highest BCUT2D eigenvalue weighted by molar-refractivity contribution is 6.35. The maximum absolute atomic E-state index is 8.52. The van der Waals surface area contributed by atoms with E-state index in [1.165, 1.54) is 0 Å². The first-order chi connectivity index (χ1) is 9.33. The van der Waals surface area contributed by atoms with Gasteiger partial charge in [-0.1, -0.05) is 23.2 Å². The summed E-state index contributed by atoms with van der Waals surface area (Å²) in [5, 5.41) is 13.0. The minimum atomic E-state index is -0.00707. The molecule has 0 aliphatic carbocycles. The first kappa shape index (κ1) is 17.1. The van der Waals surface area contributed by atoms with Gasteiger partial charge < -0.3 is 10.1 Å². The fourth-order valence-corrected chi connectivity index (χ4v) is 2.18. The Morgan fingerprint density at radius 3 is 2.60 bits per heavy atom. The van der Waals surface area contributed by atoms with Gasteiger partial charge in [-0.2, -0.15) is 5.26 Å². The Kier molecular flexibility index (Phi) is 6.61. The van der Waals surface area contributed by atoms with Gasteiger partial charge in [0.05, 0.1) is 17.7 Å². The summed E-state index contributed by atoms with van der Waals surface area (Å²) in [5.41, 5.74) is 0.918. The second-order valence-corrected chi connectivity index (χ2v) is 6.43. The Morgan fingerprint density at radius 2 is 2.00 bits per heavy atom. The van der Waals surface area contributed by atoms with Crippen LogP contribution < -0.4 is 10.1 Å². The molecule has 1 rings (SSSR count). The van der Waals surface area contributed by atoms with Gasteiger partial charge in [0.2, 0.25) is 0 Å². The van der Waals surface area contributed by atoms with Gasteiger partial charge in [0.1, 0.15) is 5.75 Å². The second-order valence-electron chi connectivity index (χ2n) is 5.59. The molecule has 0 bridgehead atoms. The quantitative estimate of drug-likeness (QED) is 0.782. The molecule has 5 heteroatoms. The van der Waals surface area contributed by atoms with E-state index in [0.717, 1.165) is 5.56 Å². The number of rotatable bonds is 6. The van der Waals surface area contributed by atoms with Crippen LogP contribution in [0.4, 0.5) is 0 Å². The number of unbranched alkanes of at least 4 members (excludes halogenated alkanes) is 1. The highest BCUT2D eigenvalue weighted by Gasteiger charge is 2.14. The lowest BCUT2D eigenvalue weighted by atomic mass is 10.1. The summed E-state index contributed by atoms with van der Waals surface area (Å²) < 4.78 is 5.71. The van der Waals surface area contributed by atoms with Gasteiger partial charge >= 0.3 is 0 Å². The van der Waals surface area contributed by atoms with Crippen molar-refractivity contribution >= 4 is 23.2 Å². The highest BCUT2D eigenvalue weighted by atomic mass is 35.5. The van der Waals surface area contributed by atoms with Crippen molar-refractivity contribution < 1.29 is 4.74 Å². The average Bonchev–Trinajstić information content (AvgIpc) is 2.33. The molecule has 0 heterocycles. The van der Waals surface area contributed by atoms with E-state index in [9.17, 15) is 0 Å². The number of nitrogens with zero attached hydrogens (tertiary/aromatic N) is 1. The number of nitriles is 1. The molecule has 1 aromatic rings. The predicted molar refractivity (Wildman–Crippen MR) is 83.4 cm³/mol. The van der Waals surface area contributed by atoms with Crippen molar-refractivity contribution in [3.05, 3.63) is 27.7 Å². The number of hydrogen-bond donors (Lipinski definition) is 1. The zero-order valence-corrected chi connectivity index (χ0v) is 13.6. The Balaban J connectivity index is 2.82. The normalized spacial score (nSPS) is 11.2. The van der Waals surface area contributed by atoms with Crippen LogP contribution in [-0.2, 0) is 6.54 Å². The smallest absolute Gasteiger partial charge is 0.142 e. The highest BCUT2D eigenvalue weighted by Crippen LogP contribution is 2.33. The van der Waals surface area contributed by atoms with Gasteiger partial charge in [0.25, 0.3) is 0 Å². The van der Waals surface area contributed by atoms with Crippen LogP contribution in [0.1, 0.15) is 39.2 Å². The third-order valence-electron chi connectivity index (χ3n) is 2.57. The van der Waals surface area contributed by atoms with Gasteiger partial charge in [-0.3, -0.25) is 0 Å². The van der Waals surface area contributed by atoms with Crippen LogP contribution in [0.2, 0.25) is 10.0 Å². The summed E-state index contributed by atoms with van der Waals surface area (Å²) in [6.45, 7) is 7.36. The number of benzene rings is 1. The van der Waals surface area contributed by atoms with E-state index < -0.39 is 0 Å². The molecular formula is C15H20Cl2N2O. The minimum Gasteiger partial charge on any atom is -0.492 e. The molecule has 0 saturated carbocycles. The van der Waals surface area contributed by atoms with Crippen LogP contribution in [0.5, 0.6) is 5.75 Å². The van der Waals surface area contributed by atoms with E-state index in [-0.39, 0.29) is 5.54 Å². The van der Waals surface area contributed by atoms with E-state index in [1.807, 2.05) is 6.07 Å². The number of halogens is 2. The maximum Gasteiger partial charge on any atom is 0.142 e. The van der Waals surface area contributed by atoms with Crippen LogP contribution in [0, 0.1) is 11.3 Å². The van der Waals surface area contributed by atoms with Crippen molar-refractivity contribution in [3.8, 4) is 11.8 Å². The van der Waals surface area contributed by atoms with Crippen LogP contribution in [0.25, 0.3) is 0 Å². The van der Waals surface area contributed by atoms with Crippen molar-refractivity contribution in [3.63, 3.8) is 0 Å².